The molecule has 0 amide bonds. The van der Waals surface area contributed by atoms with Crippen molar-refractivity contribution in [3.63, 3.8) is 0 Å². The number of rotatable bonds is 2. The van der Waals surface area contributed by atoms with Crippen molar-refractivity contribution in [3.05, 3.63) is 34.9 Å². The number of alkyl halides is 1. The highest BCUT2D eigenvalue weighted by Gasteiger charge is 2.22. The lowest BCUT2D eigenvalue weighted by atomic mass is 9.77. The predicted octanol–water partition coefficient (Wildman–Crippen LogP) is 4.27. The van der Waals surface area contributed by atoms with E-state index >= 15 is 0 Å². The lowest BCUT2D eigenvalue weighted by molar-refractivity contribution is 0.102. The van der Waals surface area contributed by atoms with E-state index in [1.165, 1.54) is 24.0 Å². The molecule has 1 aliphatic carbocycles. The number of fused-ring (bicyclic) bond motifs is 1. The highest BCUT2D eigenvalue weighted by Crippen LogP contribution is 2.38. The zero-order valence-corrected chi connectivity index (χ0v) is 11.4. The van der Waals surface area contributed by atoms with Crippen LogP contribution in [-0.2, 0) is 0 Å². The zero-order valence-electron chi connectivity index (χ0n) is 9.79. The summed E-state index contributed by atoms with van der Waals surface area (Å²) < 4.78 is 0. The van der Waals surface area contributed by atoms with Gasteiger partial charge in [-0.05, 0) is 41.9 Å². The van der Waals surface area contributed by atoms with Gasteiger partial charge in [0, 0.05) is 5.56 Å². The number of hydrogen-bond donors (Lipinski definition) is 0. The van der Waals surface area contributed by atoms with Gasteiger partial charge >= 0.3 is 0 Å². The molecule has 2 heteroatoms. The molecule has 1 aromatic rings. The van der Waals surface area contributed by atoms with Crippen LogP contribution in [0.1, 0.15) is 60.0 Å². The third-order valence-corrected chi connectivity index (χ3v) is 4.13. The van der Waals surface area contributed by atoms with Crippen molar-refractivity contribution in [2.24, 2.45) is 0 Å². The molecule has 16 heavy (non-hydrogen) atoms. The molecule has 2 rings (SSSR count). The van der Waals surface area contributed by atoms with E-state index in [0.717, 1.165) is 5.56 Å². The third-order valence-electron chi connectivity index (χ3n) is 3.62. The zero-order chi connectivity index (χ0) is 11.7. The molecule has 0 radical (unpaired) electrons. The van der Waals surface area contributed by atoms with Crippen molar-refractivity contribution in [2.45, 2.75) is 38.5 Å². The van der Waals surface area contributed by atoms with Crippen molar-refractivity contribution in [2.75, 3.05) is 5.33 Å². The fourth-order valence-corrected chi connectivity index (χ4v) is 2.84. The molecular weight excluding hydrogens is 264 g/mol. The topological polar surface area (TPSA) is 17.1 Å². The fourth-order valence-electron chi connectivity index (χ4n) is 2.51. The second-order valence-electron chi connectivity index (χ2n) is 4.78. The van der Waals surface area contributed by atoms with Gasteiger partial charge in [-0.25, -0.2) is 0 Å². The van der Waals surface area contributed by atoms with Crippen molar-refractivity contribution < 1.29 is 4.79 Å². The first-order chi connectivity index (χ1) is 7.63. The van der Waals surface area contributed by atoms with Crippen LogP contribution in [0.15, 0.2) is 18.2 Å². The first-order valence-corrected chi connectivity index (χ1v) is 6.98. The molecule has 1 nitrogen and oxygen atoms in total. The molecule has 0 saturated heterocycles. The molecule has 0 fully saturated rings. The Balaban J connectivity index is 2.44. The van der Waals surface area contributed by atoms with E-state index < -0.39 is 0 Å². The van der Waals surface area contributed by atoms with Crippen molar-refractivity contribution >= 4 is 21.7 Å². The van der Waals surface area contributed by atoms with Crippen LogP contribution in [0.4, 0.5) is 0 Å². The minimum atomic E-state index is 0.174. The Morgan fingerprint density at radius 2 is 1.88 bits per heavy atom. The second-order valence-corrected chi connectivity index (χ2v) is 5.34. The summed E-state index contributed by atoms with van der Waals surface area (Å²) in [6.45, 7) is 4.53. The normalized spacial score (nSPS) is 23.9. The first-order valence-electron chi connectivity index (χ1n) is 5.86. The van der Waals surface area contributed by atoms with E-state index in [1.54, 1.807) is 0 Å². The van der Waals surface area contributed by atoms with E-state index in [0.29, 0.717) is 17.2 Å². The maximum atomic E-state index is 11.6. The number of halogens is 1. The van der Waals surface area contributed by atoms with Gasteiger partial charge in [-0.3, -0.25) is 4.79 Å². The summed E-state index contributed by atoms with van der Waals surface area (Å²) in [5.41, 5.74) is 3.66. The van der Waals surface area contributed by atoms with E-state index in [1.807, 2.05) is 6.07 Å². The average Bonchev–Trinajstić information content (AvgIpc) is 2.32. The van der Waals surface area contributed by atoms with Gasteiger partial charge in [0.25, 0.3) is 0 Å². The van der Waals surface area contributed by atoms with Gasteiger partial charge in [-0.1, -0.05) is 41.9 Å². The van der Waals surface area contributed by atoms with Crippen molar-refractivity contribution in [3.8, 4) is 0 Å². The van der Waals surface area contributed by atoms with Gasteiger partial charge in [0.1, 0.15) is 0 Å². The SMILES string of the molecule is C[C@@H]1CC[C@@H](C)c2cc(C(=O)CBr)ccc21. The minimum absolute atomic E-state index is 0.174. The molecule has 2 atom stereocenters. The molecule has 0 heterocycles. The van der Waals surface area contributed by atoms with Crippen LogP contribution in [-0.4, -0.2) is 11.1 Å². The summed E-state index contributed by atoms with van der Waals surface area (Å²) in [6.07, 6.45) is 2.50. The molecular formula is C14H17BrO. The monoisotopic (exact) mass is 280 g/mol. The molecule has 1 aromatic carbocycles. The number of Topliss-reactive ketones (excluding diaryl/α,β-unsaturated/α-hetero) is 1. The Bertz CT molecular complexity index is 411. The van der Waals surface area contributed by atoms with E-state index in [9.17, 15) is 4.79 Å². The Labute approximate surface area is 105 Å². The summed E-state index contributed by atoms with van der Waals surface area (Å²) in [5, 5.41) is 0.412. The van der Waals surface area contributed by atoms with Crippen LogP contribution in [0.2, 0.25) is 0 Å². The van der Waals surface area contributed by atoms with Gasteiger partial charge < -0.3 is 0 Å². The van der Waals surface area contributed by atoms with Crippen LogP contribution < -0.4 is 0 Å². The van der Waals surface area contributed by atoms with Gasteiger partial charge in [0.15, 0.2) is 5.78 Å². The highest BCUT2D eigenvalue weighted by atomic mass is 79.9. The van der Waals surface area contributed by atoms with E-state index in [-0.39, 0.29) is 5.78 Å². The Morgan fingerprint density at radius 1 is 1.25 bits per heavy atom. The van der Waals surface area contributed by atoms with Gasteiger partial charge in [-0.15, -0.1) is 0 Å². The standard InChI is InChI=1S/C14H17BrO/c1-9-3-4-10(2)13-7-11(14(16)8-15)5-6-12(9)13/h5-7,9-10H,3-4,8H2,1-2H3/t9-,10-/m1/s1. The number of benzene rings is 1. The molecule has 0 bridgehead atoms. The highest BCUT2D eigenvalue weighted by molar-refractivity contribution is 9.09. The van der Waals surface area contributed by atoms with E-state index in [2.05, 4.69) is 41.9 Å². The number of ketones is 1. The largest absolute Gasteiger partial charge is 0.293 e. The lowest BCUT2D eigenvalue weighted by Gasteiger charge is -2.27. The van der Waals surface area contributed by atoms with Crippen molar-refractivity contribution in [1.29, 1.82) is 0 Å². The van der Waals surface area contributed by atoms with Crippen LogP contribution >= 0.6 is 15.9 Å². The Hall–Kier alpha value is -0.630. The smallest absolute Gasteiger partial charge is 0.173 e. The molecule has 0 aromatic heterocycles. The number of carbonyl (C=O) groups excluding carboxylic acids is 1. The molecule has 0 saturated carbocycles. The number of carbonyl (C=O) groups is 1. The van der Waals surface area contributed by atoms with Gasteiger partial charge in [-0.2, -0.15) is 0 Å². The maximum absolute atomic E-state index is 11.6. The lowest BCUT2D eigenvalue weighted by Crippen LogP contribution is -2.12. The second kappa shape index (κ2) is 4.70. The summed E-state index contributed by atoms with van der Waals surface area (Å²) in [4.78, 5) is 11.6. The summed E-state index contributed by atoms with van der Waals surface area (Å²) in [7, 11) is 0. The minimum Gasteiger partial charge on any atom is -0.293 e. The van der Waals surface area contributed by atoms with Crippen LogP contribution in [0, 0.1) is 0 Å². The molecule has 1 aliphatic rings. The summed E-state index contributed by atoms with van der Waals surface area (Å²) in [5.74, 6) is 1.40. The summed E-state index contributed by atoms with van der Waals surface area (Å²) >= 11 is 3.22. The number of hydrogen-bond acceptors (Lipinski definition) is 1. The van der Waals surface area contributed by atoms with Crippen LogP contribution in [0.25, 0.3) is 0 Å². The molecule has 0 N–H and O–H groups in total. The Kier molecular flexibility index (Phi) is 3.48. The molecule has 0 spiro atoms. The molecule has 0 aliphatic heterocycles. The fraction of sp³-hybridized carbons (Fsp3) is 0.500. The molecule has 0 unspecified atom stereocenters. The van der Waals surface area contributed by atoms with E-state index in [4.69, 9.17) is 0 Å². The predicted molar refractivity (Wildman–Crippen MR) is 70.6 cm³/mol. The summed E-state index contributed by atoms with van der Waals surface area (Å²) in [6, 6.07) is 6.21. The maximum Gasteiger partial charge on any atom is 0.173 e. The van der Waals surface area contributed by atoms with Gasteiger partial charge in [0.2, 0.25) is 0 Å². The third kappa shape index (κ3) is 2.08. The van der Waals surface area contributed by atoms with Crippen LogP contribution in [0.5, 0.6) is 0 Å². The van der Waals surface area contributed by atoms with Crippen LogP contribution in [0.3, 0.4) is 0 Å². The Morgan fingerprint density at radius 3 is 2.50 bits per heavy atom. The van der Waals surface area contributed by atoms with Crippen molar-refractivity contribution in [1.82, 2.24) is 0 Å². The molecule has 86 valence electrons. The first kappa shape index (κ1) is 11.8. The average molecular weight is 281 g/mol. The quantitative estimate of drug-likeness (QED) is 0.584. The van der Waals surface area contributed by atoms with Gasteiger partial charge in [0.05, 0.1) is 5.33 Å².